The maximum Gasteiger partial charge on any atom is 0.356 e. The Labute approximate surface area is 108 Å². The molecule has 3 nitrogen and oxygen atoms in total. The molecule has 18 heavy (non-hydrogen) atoms. The van der Waals surface area contributed by atoms with Crippen molar-refractivity contribution in [3.63, 3.8) is 0 Å². The second-order valence-corrected chi connectivity index (χ2v) is 5.52. The highest BCUT2D eigenvalue weighted by Gasteiger charge is 2.21. The summed E-state index contributed by atoms with van der Waals surface area (Å²) in [6.45, 7) is 4.00. The summed E-state index contributed by atoms with van der Waals surface area (Å²) in [6, 6.07) is 5.02. The van der Waals surface area contributed by atoms with Crippen LogP contribution in [0.2, 0.25) is 0 Å². The lowest BCUT2D eigenvalue weighted by Gasteiger charge is -2.11. The molecule has 0 radical (unpaired) electrons. The summed E-state index contributed by atoms with van der Waals surface area (Å²) in [5.41, 5.74) is 1.44. The lowest BCUT2D eigenvalue weighted by molar-refractivity contribution is 0.387. The summed E-state index contributed by atoms with van der Waals surface area (Å²) < 4.78 is 11.5. The molecule has 0 aliphatic rings. The minimum absolute atomic E-state index is 0.0884. The highest BCUT2D eigenvalue weighted by molar-refractivity contribution is 7.60. The second-order valence-electron chi connectivity index (χ2n) is 3.95. The molecule has 0 saturated carbocycles. The van der Waals surface area contributed by atoms with E-state index in [0.717, 1.165) is 18.4 Å². The van der Waals surface area contributed by atoms with E-state index in [1.807, 2.05) is 38.1 Å². The lowest BCUT2D eigenvalue weighted by atomic mass is 10.1. The van der Waals surface area contributed by atoms with Crippen molar-refractivity contribution in [1.29, 1.82) is 0 Å². The molecule has 0 bridgehead atoms. The van der Waals surface area contributed by atoms with Crippen LogP contribution in [0.25, 0.3) is 12.2 Å². The Morgan fingerprint density at radius 3 is 2.28 bits per heavy atom. The van der Waals surface area contributed by atoms with Crippen molar-refractivity contribution in [3.05, 3.63) is 41.5 Å². The minimum atomic E-state index is -4.24. The highest BCUT2D eigenvalue weighted by atomic mass is 31.2. The number of rotatable bonds is 5. The smallest absolute Gasteiger partial charge is 0.321 e. The third-order valence-electron chi connectivity index (χ3n) is 2.48. The fraction of sp³-hybridized carbons (Fsp3) is 0.286. The van der Waals surface area contributed by atoms with Gasteiger partial charge in [-0.25, -0.2) is 0 Å². The van der Waals surface area contributed by atoms with Gasteiger partial charge in [-0.15, -0.1) is 0 Å². The van der Waals surface area contributed by atoms with Crippen LogP contribution in [0.1, 0.15) is 37.8 Å². The molecule has 0 aromatic heterocycles. The summed E-state index contributed by atoms with van der Waals surface area (Å²) in [6.07, 6.45) is 9.27. The van der Waals surface area contributed by atoms with Crippen LogP contribution in [0, 0.1) is 0 Å². The fourth-order valence-electron chi connectivity index (χ4n) is 1.63. The van der Waals surface area contributed by atoms with Crippen LogP contribution in [0.15, 0.2) is 30.4 Å². The van der Waals surface area contributed by atoms with Gasteiger partial charge >= 0.3 is 7.60 Å². The van der Waals surface area contributed by atoms with E-state index in [1.54, 1.807) is 12.1 Å². The average molecular weight is 266 g/mol. The SMILES string of the molecule is CC/C=C/c1cccc(P(=O)(O)O)c1/C=C/CC. The molecule has 1 rings (SSSR count). The molecule has 0 fully saturated rings. The zero-order chi connectivity index (χ0) is 13.6. The van der Waals surface area contributed by atoms with E-state index in [0.29, 0.717) is 5.56 Å². The molecule has 4 heteroatoms. The van der Waals surface area contributed by atoms with Crippen LogP contribution in [-0.2, 0) is 4.57 Å². The van der Waals surface area contributed by atoms with Crippen molar-refractivity contribution in [2.45, 2.75) is 26.7 Å². The first kappa shape index (κ1) is 14.9. The van der Waals surface area contributed by atoms with Gasteiger partial charge in [0, 0.05) is 0 Å². The second kappa shape index (κ2) is 6.69. The zero-order valence-electron chi connectivity index (χ0n) is 10.7. The van der Waals surface area contributed by atoms with Gasteiger partial charge in [-0.1, -0.05) is 50.3 Å². The van der Waals surface area contributed by atoms with Gasteiger partial charge in [0.1, 0.15) is 0 Å². The predicted octanol–water partition coefficient (Wildman–Crippen LogP) is 3.34. The molecule has 0 aliphatic carbocycles. The van der Waals surface area contributed by atoms with Crippen molar-refractivity contribution in [2.24, 2.45) is 0 Å². The summed E-state index contributed by atoms with van der Waals surface area (Å²) in [7, 11) is -4.24. The van der Waals surface area contributed by atoms with Gasteiger partial charge in [-0.3, -0.25) is 4.57 Å². The van der Waals surface area contributed by atoms with Crippen LogP contribution < -0.4 is 5.30 Å². The van der Waals surface area contributed by atoms with Crippen LogP contribution in [0.4, 0.5) is 0 Å². The third kappa shape index (κ3) is 3.95. The van der Waals surface area contributed by atoms with E-state index >= 15 is 0 Å². The van der Waals surface area contributed by atoms with Crippen LogP contribution in [0.5, 0.6) is 0 Å². The topological polar surface area (TPSA) is 57.5 Å². The normalized spacial score (nSPS) is 12.7. The predicted molar refractivity (Wildman–Crippen MR) is 76.8 cm³/mol. The van der Waals surface area contributed by atoms with E-state index in [1.165, 1.54) is 6.07 Å². The van der Waals surface area contributed by atoms with Crippen molar-refractivity contribution in [2.75, 3.05) is 0 Å². The first-order valence-electron chi connectivity index (χ1n) is 6.02. The molecule has 0 amide bonds. The Morgan fingerprint density at radius 2 is 1.72 bits per heavy atom. The number of benzene rings is 1. The molecular weight excluding hydrogens is 247 g/mol. The van der Waals surface area contributed by atoms with Gasteiger partial charge in [0.2, 0.25) is 0 Å². The molecule has 0 unspecified atom stereocenters. The van der Waals surface area contributed by atoms with Crippen LogP contribution in [0.3, 0.4) is 0 Å². The maximum absolute atomic E-state index is 11.5. The lowest BCUT2D eigenvalue weighted by Crippen LogP contribution is -2.09. The third-order valence-corrected chi connectivity index (χ3v) is 3.50. The van der Waals surface area contributed by atoms with Gasteiger partial charge in [0.15, 0.2) is 0 Å². The number of hydrogen-bond acceptors (Lipinski definition) is 1. The molecule has 1 aromatic carbocycles. The molecule has 0 aliphatic heterocycles. The van der Waals surface area contributed by atoms with Crippen molar-refractivity contribution in [3.8, 4) is 0 Å². The standard InChI is InChI=1S/C14H19O3P/c1-3-5-8-12-9-7-11-14(18(15,16)17)13(12)10-6-4-2/h5-11H,3-4H2,1-2H3,(H2,15,16,17)/b8-5+,10-6+. The molecule has 0 saturated heterocycles. The summed E-state index contributed by atoms with van der Waals surface area (Å²) in [4.78, 5) is 18.7. The monoisotopic (exact) mass is 266 g/mol. The molecule has 1 aromatic rings. The summed E-state index contributed by atoms with van der Waals surface area (Å²) in [5.74, 6) is 0. The first-order valence-corrected chi connectivity index (χ1v) is 7.64. The maximum atomic E-state index is 11.5. The Kier molecular flexibility index (Phi) is 5.54. The largest absolute Gasteiger partial charge is 0.356 e. The van der Waals surface area contributed by atoms with Gasteiger partial charge in [-0.2, -0.15) is 0 Å². The Morgan fingerprint density at radius 1 is 1.11 bits per heavy atom. The van der Waals surface area contributed by atoms with Crippen molar-refractivity contribution >= 4 is 25.1 Å². The highest BCUT2D eigenvalue weighted by Crippen LogP contribution is 2.36. The van der Waals surface area contributed by atoms with Gasteiger partial charge in [-0.05, 0) is 30.0 Å². The quantitative estimate of drug-likeness (QED) is 0.804. The van der Waals surface area contributed by atoms with E-state index in [4.69, 9.17) is 0 Å². The van der Waals surface area contributed by atoms with Crippen LogP contribution in [-0.4, -0.2) is 9.79 Å². The zero-order valence-corrected chi connectivity index (χ0v) is 11.6. The Bertz CT molecular complexity index is 498. The Hall–Kier alpha value is -1.15. The fourth-order valence-corrected chi connectivity index (χ4v) is 2.43. The van der Waals surface area contributed by atoms with Crippen LogP contribution >= 0.6 is 7.60 Å². The Balaban J connectivity index is 3.39. The van der Waals surface area contributed by atoms with E-state index in [2.05, 4.69) is 0 Å². The molecule has 0 spiro atoms. The number of hydrogen-bond donors (Lipinski definition) is 2. The minimum Gasteiger partial charge on any atom is -0.321 e. The van der Waals surface area contributed by atoms with Gasteiger partial charge in [0.05, 0.1) is 5.30 Å². The number of allylic oxidation sites excluding steroid dienone is 2. The van der Waals surface area contributed by atoms with E-state index in [-0.39, 0.29) is 5.30 Å². The van der Waals surface area contributed by atoms with Crippen molar-refractivity contribution < 1.29 is 14.4 Å². The van der Waals surface area contributed by atoms with E-state index in [9.17, 15) is 14.4 Å². The van der Waals surface area contributed by atoms with E-state index < -0.39 is 7.60 Å². The van der Waals surface area contributed by atoms with Gasteiger partial charge < -0.3 is 9.79 Å². The molecule has 0 heterocycles. The molecule has 98 valence electrons. The molecule has 0 atom stereocenters. The molecular formula is C14H19O3P. The van der Waals surface area contributed by atoms with Crippen molar-refractivity contribution in [1.82, 2.24) is 0 Å². The average Bonchev–Trinajstić information content (AvgIpc) is 2.32. The molecule has 2 N–H and O–H groups in total. The van der Waals surface area contributed by atoms with Gasteiger partial charge in [0.25, 0.3) is 0 Å². The summed E-state index contributed by atoms with van der Waals surface area (Å²) >= 11 is 0. The first-order chi connectivity index (χ1) is 8.50. The summed E-state index contributed by atoms with van der Waals surface area (Å²) in [5, 5.41) is 0.0884.